The lowest BCUT2D eigenvalue weighted by atomic mass is 9.88. The van der Waals surface area contributed by atoms with Gasteiger partial charge in [0.15, 0.2) is 0 Å². The van der Waals surface area contributed by atoms with E-state index in [4.69, 9.17) is 4.74 Å². The number of ether oxygens (including phenoxy) is 1. The Balaban J connectivity index is 2.33. The zero-order valence-electron chi connectivity index (χ0n) is 12.1. The second-order valence-corrected chi connectivity index (χ2v) is 4.85. The van der Waals surface area contributed by atoms with Gasteiger partial charge in [-0.15, -0.1) is 0 Å². The Morgan fingerprint density at radius 2 is 1.80 bits per heavy atom. The van der Waals surface area contributed by atoms with E-state index in [9.17, 15) is 4.39 Å². The fourth-order valence-corrected chi connectivity index (χ4v) is 2.51. The molecule has 0 heterocycles. The molecule has 2 nitrogen and oxygen atoms in total. The summed E-state index contributed by atoms with van der Waals surface area (Å²) >= 11 is 0. The monoisotopic (exact) mass is 273 g/mol. The number of nitrogens with one attached hydrogen (secondary N) is 1. The lowest BCUT2D eigenvalue weighted by molar-refractivity contribution is 0.408. The van der Waals surface area contributed by atoms with Crippen LogP contribution in [0.15, 0.2) is 48.5 Å². The third-order valence-corrected chi connectivity index (χ3v) is 3.68. The Bertz CT molecular complexity index is 556. The number of rotatable bonds is 5. The molecule has 0 saturated carbocycles. The summed E-state index contributed by atoms with van der Waals surface area (Å²) in [6, 6.07) is 15.0. The molecule has 0 amide bonds. The van der Waals surface area contributed by atoms with E-state index in [1.54, 1.807) is 12.1 Å². The van der Waals surface area contributed by atoms with Crippen molar-refractivity contribution in [2.24, 2.45) is 0 Å². The fraction of sp³-hybridized carbons (Fsp3) is 0.294. The molecule has 1 N–H and O–H groups in total. The van der Waals surface area contributed by atoms with Crippen LogP contribution in [0.1, 0.15) is 30.0 Å². The highest BCUT2D eigenvalue weighted by molar-refractivity contribution is 5.33. The van der Waals surface area contributed by atoms with Gasteiger partial charge in [-0.1, -0.05) is 43.3 Å². The molecule has 0 bridgehead atoms. The highest BCUT2D eigenvalue weighted by Gasteiger charge is 2.22. The molecular weight excluding hydrogens is 253 g/mol. The molecule has 106 valence electrons. The van der Waals surface area contributed by atoms with Crippen LogP contribution in [0.25, 0.3) is 0 Å². The quantitative estimate of drug-likeness (QED) is 0.892. The first-order chi connectivity index (χ1) is 9.67. The van der Waals surface area contributed by atoms with Gasteiger partial charge in [-0.05, 0) is 18.7 Å². The molecule has 2 aromatic rings. The number of benzene rings is 2. The van der Waals surface area contributed by atoms with Gasteiger partial charge in [-0.2, -0.15) is 0 Å². The first-order valence-electron chi connectivity index (χ1n) is 6.73. The lowest BCUT2D eigenvalue weighted by Crippen LogP contribution is -2.23. The fourth-order valence-electron chi connectivity index (χ4n) is 2.51. The van der Waals surface area contributed by atoms with Gasteiger partial charge < -0.3 is 10.1 Å². The van der Waals surface area contributed by atoms with Crippen LogP contribution in [0.5, 0.6) is 5.75 Å². The van der Waals surface area contributed by atoms with Gasteiger partial charge >= 0.3 is 0 Å². The molecule has 0 aromatic heterocycles. The third-order valence-electron chi connectivity index (χ3n) is 3.68. The molecule has 0 fully saturated rings. The molecule has 2 atom stereocenters. The zero-order chi connectivity index (χ0) is 14.5. The van der Waals surface area contributed by atoms with Crippen molar-refractivity contribution in [3.05, 3.63) is 65.5 Å². The first-order valence-corrected chi connectivity index (χ1v) is 6.73. The largest absolute Gasteiger partial charge is 0.497 e. The van der Waals surface area contributed by atoms with Crippen LogP contribution in [-0.4, -0.2) is 14.2 Å². The molecule has 0 radical (unpaired) electrons. The predicted molar refractivity (Wildman–Crippen MR) is 79.6 cm³/mol. The van der Waals surface area contributed by atoms with Gasteiger partial charge in [-0.25, -0.2) is 4.39 Å². The maximum absolute atomic E-state index is 14.2. The minimum Gasteiger partial charge on any atom is -0.497 e. The first kappa shape index (κ1) is 14.5. The standard InChI is InChI=1S/C17H20FNO/c1-12(13-7-5-4-6-8-13)17(19-2)15-10-9-14(20-3)11-16(15)18/h4-12,17,19H,1-3H3. The summed E-state index contributed by atoms with van der Waals surface area (Å²) in [5, 5.41) is 3.21. The molecule has 0 aliphatic carbocycles. The third kappa shape index (κ3) is 2.99. The van der Waals surface area contributed by atoms with Crippen molar-refractivity contribution >= 4 is 0 Å². The van der Waals surface area contributed by atoms with E-state index in [-0.39, 0.29) is 17.8 Å². The normalized spacial score (nSPS) is 13.8. The second kappa shape index (κ2) is 6.53. The van der Waals surface area contributed by atoms with Crippen molar-refractivity contribution in [2.75, 3.05) is 14.2 Å². The minimum absolute atomic E-state index is 0.0803. The molecular formula is C17H20FNO. The van der Waals surface area contributed by atoms with E-state index in [0.29, 0.717) is 11.3 Å². The molecule has 0 spiro atoms. The average molecular weight is 273 g/mol. The molecule has 2 unspecified atom stereocenters. The summed E-state index contributed by atoms with van der Waals surface area (Å²) in [4.78, 5) is 0. The van der Waals surface area contributed by atoms with Gasteiger partial charge in [0.25, 0.3) is 0 Å². The van der Waals surface area contributed by atoms with Crippen molar-refractivity contribution < 1.29 is 9.13 Å². The van der Waals surface area contributed by atoms with Crippen LogP contribution >= 0.6 is 0 Å². The second-order valence-electron chi connectivity index (χ2n) is 4.85. The van der Waals surface area contributed by atoms with Crippen molar-refractivity contribution in [2.45, 2.75) is 18.9 Å². The van der Waals surface area contributed by atoms with Crippen molar-refractivity contribution in [1.29, 1.82) is 0 Å². The highest BCUT2D eigenvalue weighted by atomic mass is 19.1. The van der Waals surface area contributed by atoms with Gasteiger partial charge in [0.2, 0.25) is 0 Å². The van der Waals surface area contributed by atoms with Crippen LogP contribution in [-0.2, 0) is 0 Å². The van der Waals surface area contributed by atoms with Crippen LogP contribution in [0, 0.1) is 5.82 Å². The van der Waals surface area contributed by atoms with E-state index in [1.807, 2.05) is 25.2 Å². The number of hydrogen-bond acceptors (Lipinski definition) is 2. The summed E-state index contributed by atoms with van der Waals surface area (Å²) in [5.74, 6) is 0.462. The molecule has 0 aliphatic heterocycles. The van der Waals surface area contributed by atoms with Crippen LogP contribution in [0.3, 0.4) is 0 Å². The summed E-state index contributed by atoms with van der Waals surface area (Å²) < 4.78 is 19.3. The maximum atomic E-state index is 14.2. The van der Waals surface area contributed by atoms with Gasteiger partial charge in [-0.3, -0.25) is 0 Å². The summed E-state index contributed by atoms with van der Waals surface area (Å²) in [5.41, 5.74) is 1.84. The molecule has 2 rings (SSSR count). The Morgan fingerprint density at radius 1 is 1.10 bits per heavy atom. The van der Waals surface area contributed by atoms with E-state index < -0.39 is 0 Å². The van der Waals surface area contributed by atoms with Crippen LogP contribution in [0.4, 0.5) is 4.39 Å². The van der Waals surface area contributed by atoms with Gasteiger partial charge in [0.1, 0.15) is 11.6 Å². The van der Waals surface area contributed by atoms with Gasteiger partial charge in [0, 0.05) is 23.6 Å². The Hall–Kier alpha value is -1.87. The Labute approximate surface area is 119 Å². The van der Waals surface area contributed by atoms with E-state index in [0.717, 1.165) is 0 Å². The molecule has 0 aliphatic rings. The summed E-state index contributed by atoms with van der Waals surface area (Å²) in [6.07, 6.45) is 0. The summed E-state index contributed by atoms with van der Waals surface area (Å²) in [7, 11) is 3.39. The van der Waals surface area contributed by atoms with Crippen molar-refractivity contribution in [1.82, 2.24) is 5.32 Å². The maximum Gasteiger partial charge on any atom is 0.131 e. The van der Waals surface area contributed by atoms with Crippen molar-refractivity contribution in [3.8, 4) is 5.75 Å². The minimum atomic E-state index is -0.244. The number of likely N-dealkylation sites (N-methyl/N-ethyl adjacent to an activating group) is 1. The SMILES string of the molecule is CNC(c1ccc(OC)cc1F)C(C)c1ccccc1. The average Bonchev–Trinajstić information content (AvgIpc) is 2.50. The highest BCUT2D eigenvalue weighted by Crippen LogP contribution is 2.32. The number of hydrogen-bond donors (Lipinski definition) is 1. The van der Waals surface area contributed by atoms with Crippen LogP contribution in [0.2, 0.25) is 0 Å². The predicted octanol–water partition coefficient (Wildman–Crippen LogP) is 3.90. The lowest BCUT2D eigenvalue weighted by Gasteiger charge is -2.25. The van der Waals surface area contributed by atoms with Gasteiger partial charge in [0.05, 0.1) is 7.11 Å². The topological polar surface area (TPSA) is 21.3 Å². The van der Waals surface area contributed by atoms with E-state index in [1.165, 1.54) is 18.7 Å². The summed E-state index contributed by atoms with van der Waals surface area (Å²) in [6.45, 7) is 2.10. The number of methoxy groups -OCH3 is 1. The molecule has 3 heteroatoms. The van der Waals surface area contributed by atoms with E-state index >= 15 is 0 Å². The molecule has 2 aromatic carbocycles. The van der Waals surface area contributed by atoms with Crippen molar-refractivity contribution in [3.63, 3.8) is 0 Å². The van der Waals surface area contributed by atoms with E-state index in [2.05, 4.69) is 24.4 Å². The smallest absolute Gasteiger partial charge is 0.131 e. The Kier molecular flexibility index (Phi) is 4.74. The molecule has 0 saturated heterocycles. The zero-order valence-corrected chi connectivity index (χ0v) is 12.1. The molecule has 20 heavy (non-hydrogen) atoms. The Morgan fingerprint density at radius 3 is 2.35 bits per heavy atom. The van der Waals surface area contributed by atoms with Crippen LogP contribution < -0.4 is 10.1 Å². The number of halogens is 1.